The third kappa shape index (κ3) is 3.13. The maximum absolute atomic E-state index is 12.0. The molecule has 2 aliphatic heterocycles. The Morgan fingerprint density at radius 3 is 2.61 bits per heavy atom. The molecule has 0 aromatic carbocycles. The molecule has 0 saturated carbocycles. The SMILES string of the molecule is CN1CCC(NC(=O)N2CCC[C@@H](C(=O)O)C2)C1. The average Bonchev–Trinajstić information content (AvgIpc) is 2.75. The number of rotatable bonds is 2. The molecule has 2 atom stereocenters. The van der Waals surface area contributed by atoms with E-state index in [4.69, 9.17) is 5.11 Å². The lowest BCUT2D eigenvalue weighted by Gasteiger charge is -2.31. The summed E-state index contributed by atoms with van der Waals surface area (Å²) in [7, 11) is 2.04. The minimum absolute atomic E-state index is 0.110. The summed E-state index contributed by atoms with van der Waals surface area (Å²) in [6.45, 7) is 2.88. The number of piperidine rings is 1. The molecule has 2 heterocycles. The van der Waals surface area contributed by atoms with Crippen molar-refractivity contribution in [2.45, 2.75) is 25.3 Å². The zero-order valence-electron chi connectivity index (χ0n) is 10.8. The van der Waals surface area contributed by atoms with Crippen LogP contribution in [0.3, 0.4) is 0 Å². The number of nitrogens with zero attached hydrogens (tertiary/aromatic N) is 2. The van der Waals surface area contributed by atoms with Gasteiger partial charge in [-0.25, -0.2) is 4.79 Å². The van der Waals surface area contributed by atoms with E-state index in [2.05, 4.69) is 10.2 Å². The number of amides is 2. The van der Waals surface area contributed by atoms with Crippen molar-refractivity contribution >= 4 is 12.0 Å². The van der Waals surface area contributed by atoms with E-state index in [9.17, 15) is 9.59 Å². The van der Waals surface area contributed by atoms with Gasteiger partial charge in [-0.3, -0.25) is 4.79 Å². The van der Waals surface area contributed by atoms with Crippen LogP contribution in [0.1, 0.15) is 19.3 Å². The lowest BCUT2D eigenvalue weighted by atomic mass is 9.99. The molecule has 6 nitrogen and oxygen atoms in total. The molecular formula is C12H21N3O3. The molecule has 0 aromatic heterocycles. The number of carbonyl (C=O) groups is 2. The lowest BCUT2D eigenvalue weighted by molar-refractivity contribution is -0.143. The first kappa shape index (κ1) is 13.1. The van der Waals surface area contributed by atoms with E-state index in [0.29, 0.717) is 19.5 Å². The number of hydrogen-bond acceptors (Lipinski definition) is 3. The highest BCUT2D eigenvalue weighted by molar-refractivity contribution is 5.76. The molecule has 0 bridgehead atoms. The first-order valence-electron chi connectivity index (χ1n) is 6.53. The van der Waals surface area contributed by atoms with Gasteiger partial charge in [0.2, 0.25) is 0 Å². The van der Waals surface area contributed by atoms with Gasteiger partial charge >= 0.3 is 12.0 Å². The number of likely N-dealkylation sites (N-methyl/N-ethyl adjacent to an activating group) is 1. The second kappa shape index (κ2) is 5.56. The van der Waals surface area contributed by atoms with Gasteiger partial charge in [-0.1, -0.05) is 0 Å². The fourth-order valence-corrected chi connectivity index (χ4v) is 2.68. The van der Waals surface area contributed by atoms with Crippen LogP contribution >= 0.6 is 0 Å². The molecule has 6 heteroatoms. The van der Waals surface area contributed by atoms with Gasteiger partial charge in [-0.15, -0.1) is 0 Å². The molecule has 2 saturated heterocycles. The molecule has 1 unspecified atom stereocenters. The fourth-order valence-electron chi connectivity index (χ4n) is 2.68. The van der Waals surface area contributed by atoms with Crippen molar-refractivity contribution in [3.8, 4) is 0 Å². The van der Waals surface area contributed by atoms with Crippen molar-refractivity contribution in [3.05, 3.63) is 0 Å². The standard InChI is InChI=1S/C12H21N3O3/c1-14-6-4-10(8-14)13-12(18)15-5-2-3-9(7-15)11(16)17/h9-10H,2-8H2,1H3,(H,13,18)(H,16,17)/t9-,10?/m1/s1. The lowest BCUT2D eigenvalue weighted by Crippen LogP contribution is -2.50. The van der Waals surface area contributed by atoms with Crippen LogP contribution in [0.5, 0.6) is 0 Å². The van der Waals surface area contributed by atoms with Crippen LogP contribution < -0.4 is 5.32 Å². The average molecular weight is 255 g/mol. The second-order valence-electron chi connectivity index (χ2n) is 5.32. The molecule has 2 N–H and O–H groups in total. The highest BCUT2D eigenvalue weighted by Gasteiger charge is 2.30. The molecule has 102 valence electrons. The van der Waals surface area contributed by atoms with Crippen molar-refractivity contribution in [1.29, 1.82) is 0 Å². The molecule has 2 amide bonds. The van der Waals surface area contributed by atoms with Gasteiger partial charge in [0.15, 0.2) is 0 Å². The molecule has 0 radical (unpaired) electrons. The Balaban J connectivity index is 1.83. The zero-order valence-corrected chi connectivity index (χ0v) is 10.8. The third-order valence-corrected chi connectivity index (χ3v) is 3.78. The Morgan fingerprint density at radius 2 is 2.00 bits per heavy atom. The highest BCUT2D eigenvalue weighted by atomic mass is 16.4. The molecule has 0 aromatic rings. The van der Waals surface area contributed by atoms with Crippen molar-refractivity contribution < 1.29 is 14.7 Å². The van der Waals surface area contributed by atoms with E-state index in [1.165, 1.54) is 0 Å². The number of nitrogens with one attached hydrogen (secondary N) is 1. The van der Waals surface area contributed by atoms with Gasteiger partial charge in [0.05, 0.1) is 5.92 Å². The maximum Gasteiger partial charge on any atom is 0.317 e. The van der Waals surface area contributed by atoms with Crippen LogP contribution in [0, 0.1) is 5.92 Å². The summed E-state index contributed by atoms with van der Waals surface area (Å²) in [4.78, 5) is 26.8. The number of carboxylic acid groups (broad SMARTS) is 1. The summed E-state index contributed by atoms with van der Waals surface area (Å²) in [5.74, 6) is -1.20. The summed E-state index contributed by atoms with van der Waals surface area (Å²) < 4.78 is 0. The normalized spacial score (nSPS) is 29.3. The summed E-state index contributed by atoms with van der Waals surface area (Å²) >= 11 is 0. The number of urea groups is 1. The van der Waals surface area contributed by atoms with Crippen molar-refractivity contribution in [2.75, 3.05) is 33.2 Å². The van der Waals surface area contributed by atoms with E-state index in [1.807, 2.05) is 7.05 Å². The Hall–Kier alpha value is -1.30. The number of carbonyl (C=O) groups excluding carboxylic acids is 1. The summed E-state index contributed by atoms with van der Waals surface area (Å²) in [6, 6.07) is 0.0916. The van der Waals surface area contributed by atoms with E-state index in [1.54, 1.807) is 4.90 Å². The van der Waals surface area contributed by atoms with Crippen LogP contribution in [-0.4, -0.2) is 66.2 Å². The fraction of sp³-hybridized carbons (Fsp3) is 0.833. The number of aliphatic carboxylic acids is 1. The molecule has 2 fully saturated rings. The topological polar surface area (TPSA) is 72.9 Å². The van der Waals surface area contributed by atoms with E-state index in [-0.39, 0.29) is 12.1 Å². The quantitative estimate of drug-likeness (QED) is 0.739. The number of carboxylic acids is 1. The van der Waals surface area contributed by atoms with E-state index in [0.717, 1.165) is 25.9 Å². The number of hydrogen-bond donors (Lipinski definition) is 2. The zero-order chi connectivity index (χ0) is 13.1. The van der Waals surface area contributed by atoms with E-state index < -0.39 is 11.9 Å². The Bertz CT molecular complexity index is 335. The molecule has 2 rings (SSSR count). The second-order valence-corrected chi connectivity index (χ2v) is 5.32. The van der Waals surface area contributed by atoms with Crippen molar-refractivity contribution in [1.82, 2.24) is 15.1 Å². The molecule has 18 heavy (non-hydrogen) atoms. The minimum atomic E-state index is -0.798. The first-order chi connectivity index (χ1) is 8.56. The Morgan fingerprint density at radius 1 is 1.22 bits per heavy atom. The third-order valence-electron chi connectivity index (χ3n) is 3.78. The smallest absolute Gasteiger partial charge is 0.317 e. The van der Waals surface area contributed by atoms with Crippen molar-refractivity contribution in [3.63, 3.8) is 0 Å². The highest BCUT2D eigenvalue weighted by Crippen LogP contribution is 2.17. The van der Waals surface area contributed by atoms with Crippen LogP contribution in [0.2, 0.25) is 0 Å². The van der Waals surface area contributed by atoms with Gasteiger partial charge in [-0.2, -0.15) is 0 Å². The van der Waals surface area contributed by atoms with Gasteiger partial charge in [0.25, 0.3) is 0 Å². The predicted molar refractivity (Wildman–Crippen MR) is 66.4 cm³/mol. The monoisotopic (exact) mass is 255 g/mol. The van der Waals surface area contributed by atoms with Gasteiger partial charge in [0.1, 0.15) is 0 Å². The van der Waals surface area contributed by atoms with Crippen LogP contribution in [-0.2, 0) is 4.79 Å². The van der Waals surface area contributed by atoms with Crippen molar-refractivity contribution in [2.24, 2.45) is 5.92 Å². The Labute approximate surface area is 107 Å². The first-order valence-corrected chi connectivity index (χ1v) is 6.53. The largest absolute Gasteiger partial charge is 0.481 e. The van der Waals surface area contributed by atoms with Gasteiger partial charge < -0.3 is 20.2 Å². The molecule has 2 aliphatic rings. The van der Waals surface area contributed by atoms with Gasteiger partial charge in [-0.05, 0) is 32.9 Å². The van der Waals surface area contributed by atoms with Crippen LogP contribution in [0.4, 0.5) is 4.79 Å². The summed E-state index contributed by atoms with van der Waals surface area (Å²) in [6.07, 6.45) is 2.42. The number of likely N-dealkylation sites (tertiary alicyclic amines) is 2. The molecular weight excluding hydrogens is 234 g/mol. The predicted octanol–water partition coefficient (Wildman–Crippen LogP) is 0.197. The van der Waals surface area contributed by atoms with Gasteiger partial charge in [0, 0.05) is 25.7 Å². The summed E-state index contributed by atoms with van der Waals surface area (Å²) in [5.41, 5.74) is 0. The van der Waals surface area contributed by atoms with E-state index >= 15 is 0 Å². The molecule has 0 aliphatic carbocycles. The van der Waals surface area contributed by atoms with Crippen LogP contribution in [0.25, 0.3) is 0 Å². The summed E-state index contributed by atoms with van der Waals surface area (Å²) in [5, 5.41) is 12.0. The minimum Gasteiger partial charge on any atom is -0.481 e. The Kier molecular flexibility index (Phi) is 4.06. The van der Waals surface area contributed by atoms with Crippen LogP contribution in [0.15, 0.2) is 0 Å². The maximum atomic E-state index is 12.0. The molecule has 0 spiro atoms.